The summed E-state index contributed by atoms with van der Waals surface area (Å²) >= 11 is 1.49. The Morgan fingerprint density at radius 1 is 1.30 bits per heavy atom. The van der Waals surface area contributed by atoms with Crippen molar-refractivity contribution in [2.75, 3.05) is 6.61 Å². The number of hydrogen-bond acceptors (Lipinski definition) is 4. The molecule has 23 heavy (non-hydrogen) atoms. The van der Waals surface area contributed by atoms with Crippen LogP contribution >= 0.6 is 11.8 Å². The maximum atomic E-state index is 12.0. The van der Waals surface area contributed by atoms with Crippen molar-refractivity contribution in [1.82, 2.24) is 0 Å². The number of carboxylic acid groups (broad SMARTS) is 2. The highest BCUT2D eigenvalue weighted by Crippen LogP contribution is 2.53. The number of hydrogen-bond donors (Lipinski definition) is 2. The molecule has 126 valence electrons. The Balaban J connectivity index is 0.000000593. The normalized spacial score (nSPS) is 18.4. The van der Waals surface area contributed by atoms with Crippen molar-refractivity contribution in [1.29, 1.82) is 0 Å². The van der Waals surface area contributed by atoms with E-state index in [1.807, 2.05) is 37.3 Å². The van der Waals surface area contributed by atoms with Gasteiger partial charge in [-0.2, -0.15) is 0 Å². The van der Waals surface area contributed by atoms with Gasteiger partial charge in [0.15, 0.2) is 0 Å². The predicted octanol–water partition coefficient (Wildman–Crippen LogP) is 4.49. The van der Waals surface area contributed by atoms with Crippen molar-refractivity contribution >= 4 is 23.9 Å². The smallest absolute Gasteiger partial charge is 0.462 e. The molecule has 0 bridgehead atoms. The van der Waals surface area contributed by atoms with Gasteiger partial charge in [-0.3, -0.25) is 0 Å². The molecule has 1 aliphatic rings. The van der Waals surface area contributed by atoms with Crippen LogP contribution in [0, 0.1) is 11.3 Å². The summed E-state index contributed by atoms with van der Waals surface area (Å²) < 4.78 is 5.15. The highest BCUT2D eigenvalue weighted by atomic mass is 32.2. The van der Waals surface area contributed by atoms with Crippen LogP contribution < -0.4 is 0 Å². The van der Waals surface area contributed by atoms with Crippen LogP contribution in [0.2, 0.25) is 0 Å². The average molecular weight is 338 g/mol. The molecule has 1 aromatic carbocycles. The molecule has 1 fully saturated rings. The van der Waals surface area contributed by atoms with E-state index in [2.05, 4.69) is 19.9 Å². The van der Waals surface area contributed by atoms with E-state index < -0.39 is 6.16 Å². The quantitative estimate of drug-likeness (QED) is 0.467. The number of carbonyl (C=O) groups is 2. The number of ether oxygens (including phenoxy) is 1. The molecule has 1 unspecified atom stereocenters. The van der Waals surface area contributed by atoms with Crippen molar-refractivity contribution in [2.45, 2.75) is 32.1 Å². The van der Waals surface area contributed by atoms with Crippen LogP contribution in [0.25, 0.3) is 0 Å². The number of esters is 1. The third kappa shape index (κ3) is 7.23. The zero-order valence-electron chi connectivity index (χ0n) is 13.5. The zero-order valence-corrected chi connectivity index (χ0v) is 14.3. The van der Waals surface area contributed by atoms with Crippen molar-refractivity contribution in [2.24, 2.45) is 11.3 Å². The Hall–Kier alpha value is -1.95. The number of rotatable bonds is 5. The molecule has 0 heterocycles. The molecule has 0 aliphatic heterocycles. The molecule has 0 saturated heterocycles. The SMILES string of the molecule is CCOC(=O)/C(=C/C1CC1(C)C)Sc1ccccc1.O=C(O)O. The lowest BCUT2D eigenvalue weighted by molar-refractivity contribution is -0.137. The molecule has 1 aromatic rings. The second kappa shape index (κ2) is 8.62. The number of allylic oxidation sites excluding steroid dienone is 1. The largest absolute Gasteiger partial charge is 0.503 e. The molecule has 6 heteroatoms. The van der Waals surface area contributed by atoms with Crippen molar-refractivity contribution < 1.29 is 24.5 Å². The second-order valence-corrected chi connectivity index (χ2v) is 6.86. The summed E-state index contributed by atoms with van der Waals surface area (Å²) in [6.07, 6.45) is 1.39. The fraction of sp³-hybridized carbons (Fsp3) is 0.412. The molecule has 0 spiro atoms. The van der Waals surface area contributed by atoms with E-state index in [0.717, 1.165) is 11.3 Å². The summed E-state index contributed by atoms with van der Waals surface area (Å²) in [6.45, 7) is 6.71. The van der Waals surface area contributed by atoms with Gasteiger partial charge in [-0.05, 0) is 36.8 Å². The van der Waals surface area contributed by atoms with Crippen LogP contribution in [-0.2, 0) is 9.53 Å². The summed E-state index contributed by atoms with van der Waals surface area (Å²) in [4.78, 5) is 22.3. The Kier molecular flexibility index (Phi) is 7.16. The van der Waals surface area contributed by atoms with E-state index in [1.54, 1.807) is 0 Å². The summed E-state index contributed by atoms with van der Waals surface area (Å²) in [5.74, 6) is 0.280. The molecule has 0 radical (unpaired) electrons. The van der Waals surface area contributed by atoms with Crippen LogP contribution in [0.3, 0.4) is 0 Å². The maximum absolute atomic E-state index is 12.0. The van der Waals surface area contributed by atoms with Gasteiger partial charge < -0.3 is 14.9 Å². The van der Waals surface area contributed by atoms with E-state index in [9.17, 15) is 4.79 Å². The molecule has 0 amide bonds. The summed E-state index contributed by atoms with van der Waals surface area (Å²) in [7, 11) is 0. The first-order chi connectivity index (χ1) is 10.8. The molecular weight excluding hydrogens is 316 g/mol. The minimum atomic E-state index is -1.83. The van der Waals surface area contributed by atoms with Crippen molar-refractivity contribution in [3.8, 4) is 0 Å². The third-order valence-corrected chi connectivity index (χ3v) is 4.42. The first-order valence-electron chi connectivity index (χ1n) is 7.30. The molecule has 0 aromatic heterocycles. The average Bonchev–Trinajstić information content (AvgIpc) is 3.06. The lowest BCUT2D eigenvalue weighted by Gasteiger charge is -2.07. The van der Waals surface area contributed by atoms with Gasteiger partial charge in [0.2, 0.25) is 0 Å². The minimum Gasteiger partial charge on any atom is -0.462 e. The highest BCUT2D eigenvalue weighted by molar-refractivity contribution is 8.04. The monoisotopic (exact) mass is 338 g/mol. The third-order valence-electron chi connectivity index (χ3n) is 3.39. The van der Waals surface area contributed by atoms with E-state index in [1.165, 1.54) is 11.8 Å². The lowest BCUT2D eigenvalue weighted by atomic mass is 10.1. The lowest BCUT2D eigenvalue weighted by Crippen LogP contribution is -2.06. The van der Waals surface area contributed by atoms with E-state index >= 15 is 0 Å². The zero-order chi connectivity index (χ0) is 17.5. The van der Waals surface area contributed by atoms with Crippen LogP contribution in [0.1, 0.15) is 27.2 Å². The van der Waals surface area contributed by atoms with E-state index in [4.69, 9.17) is 19.7 Å². The first kappa shape index (κ1) is 19.1. The van der Waals surface area contributed by atoms with Gasteiger partial charge in [0.05, 0.1) is 11.5 Å². The molecule has 1 aliphatic carbocycles. The topological polar surface area (TPSA) is 83.8 Å². The van der Waals surface area contributed by atoms with E-state index in [-0.39, 0.29) is 5.97 Å². The first-order valence-corrected chi connectivity index (χ1v) is 8.11. The Morgan fingerprint density at radius 2 is 1.83 bits per heavy atom. The second-order valence-electron chi connectivity index (χ2n) is 5.75. The Labute approximate surface area is 140 Å². The van der Waals surface area contributed by atoms with Crippen LogP contribution in [0.4, 0.5) is 4.79 Å². The molecule has 2 N–H and O–H groups in total. The van der Waals surface area contributed by atoms with Crippen molar-refractivity contribution in [3.63, 3.8) is 0 Å². The molecular formula is C17H22O5S. The van der Waals surface area contributed by atoms with Crippen LogP contribution in [0.5, 0.6) is 0 Å². The van der Waals surface area contributed by atoms with Gasteiger partial charge in [-0.15, -0.1) is 0 Å². The van der Waals surface area contributed by atoms with Crippen LogP contribution in [0.15, 0.2) is 46.2 Å². The highest BCUT2D eigenvalue weighted by Gasteiger charge is 2.44. The standard InChI is InChI=1S/C16H20O2S.CH2O3/c1-4-18-15(17)14(10-12-11-16(12,2)3)19-13-8-6-5-7-9-13;2-1(3)4/h5-10,12H,4,11H2,1-3H3;(H2,2,3,4)/b14-10-;. The molecule has 5 nitrogen and oxygen atoms in total. The molecule has 1 atom stereocenters. The van der Waals surface area contributed by atoms with Crippen molar-refractivity contribution in [3.05, 3.63) is 41.3 Å². The molecule has 2 rings (SSSR count). The van der Waals surface area contributed by atoms with Gasteiger partial charge in [0.25, 0.3) is 0 Å². The summed E-state index contributed by atoms with van der Waals surface area (Å²) in [6, 6.07) is 9.95. The molecule has 1 saturated carbocycles. The van der Waals surface area contributed by atoms with Gasteiger partial charge in [-0.1, -0.05) is 49.9 Å². The van der Waals surface area contributed by atoms with Gasteiger partial charge in [0.1, 0.15) is 0 Å². The van der Waals surface area contributed by atoms with Gasteiger partial charge >= 0.3 is 12.1 Å². The summed E-state index contributed by atoms with van der Waals surface area (Å²) in [5, 5.41) is 13.9. The summed E-state index contributed by atoms with van der Waals surface area (Å²) in [5.41, 5.74) is 0.328. The maximum Gasteiger partial charge on any atom is 0.503 e. The minimum absolute atomic E-state index is 0.209. The predicted molar refractivity (Wildman–Crippen MR) is 89.6 cm³/mol. The van der Waals surface area contributed by atoms with Gasteiger partial charge in [0, 0.05) is 4.90 Å². The Bertz CT molecular complexity index is 562. The fourth-order valence-corrected chi connectivity index (χ4v) is 2.86. The number of thioether (sulfide) groups is 1. The fourth-order valence-electron chi connectivity index (χ4n) is 1.94. The number of benzene rings is 1. The van der Waals surface area contributed by atoms with E-state index in [0.29, 0.717) is 22.8 Å². The number of carbonyl (C=O) groups excluding carboxylic acids is 1. The van der Waals surface area contributed by atoms with Crippen LogP contribution in [-0.4, -0.2) is 28.9 Å². The Morgan fingerprint density at radius 3 is 2.26 bits per heavy atom. The van der Waals surface area contributed by atoms with Gasteiger partial charge in [-0.25, -0.2) is 9.59 Å².